The van der Waals surface area contributed by atoms with Crippen LogP contribution in [0.25, 0.3) is 132 Å². The van der Waals surface area contributed by atoms with E-state index < -0.39 is 0 Å². The summed E-state index contributed by atoms with van der Waals surface area (Å²) in [6, 6.07) is 90.7. The molecule has 0 saturated carbocycles. The normalized spacial score (nSPS) is 11.8. The molecule has 350 valence electrons. The Morgan fingerprint density at radius 3 is 0.892 bits per heavy atom. The molecule has 14 aromatic rings. The van der Waals surface area contributed by atoms with Gasteiger partial charge in [-0.3, -0.25) is 0 Å². The first-order chi connectivity index (χ1) is 36.3. The zero-order valence-corrected chi connectivity index (χ0v) is 42.0. The molecule has 0 spiro atoms. The largest absolute Gasteiger partial charge is 0.309 e. The predicted octanol–water partition coefficient (Wildman–Crippen LogP) is 19.8. The topological polar surface area (TPSA) is 9.86 Å². The van der Waals surface area contributed by atoms with Crippen molar-refractivity contribution < 1.29 is 0 Å². The second-order valence-electron chi connectivity index (χ2n) is 20.4. The van der Waals surface area contributed by atoms with Gasteiger partial charge in [-0.05, 0) is 190 Å². The monoisotopic (exact) mass is 944 g/mol. The molecule has 12 aromatic carbocycles. The number of benzene rings is 12. The van der Waals surface area contributed by atoms with Crippen LogP contribution in [0.4, 0.5) is 0 Å². The Balaban J connectivity index is 0.897. The highest BCUT2D eigenvalue weighted by Gasteiger charge is 2.20. The lowest BCUT2D eigenvalue weighted by molar-refractivity contribution is 1.18. The summed E-state index contributed by atoms with van der Waals surface area (Å²) in [4.78, 5) is 0. The van der Waals surface area contributed by atoms with E-state index in [9.17, 15) is 0 Å². The molecule has 14 rings (SSSR count). The summed E-state index contributed by atoms with van der Waals surface area (Å²) in [5.74, 6) is 0. The molecule has 0 radical (unpaired) electrons. The van der Waals surface area contributed by atoms with Gasteiger partial charge in [0.2, 0.25) is 0 Å². The quantitative estimate of drug-likeness (QED) is 0.141. The van der Waals surface area contributed by atoms with Gasteiger partial charge in [0.15, 0.2) is 0 Å². The van der Waals surface area contributed by atoms with Crippen LogP contribution in [0.3, 0.4) is 0 Å². The smallest absolute Gasteiger partial charge is 0.0541 e. The number of hydrogen-bond donors (Lipinski definition) is 0. The van der Waals surface area contributed by atoms with E-state index in [1.807, 2.05) is 0 Å². The molecule has 0 fully saturated rings. The maximum Gasteiger partial charge on any atom is 0.0541 e. The Kier molecular flexibility index (Phi) is 10.1. The molecule has 0 saturated heterocycles. The van der Waals surface area contributed by atoms with E-state index in [4.69, 9.17) is 0 Å². The average molecular weight is 945 g/mol. The summed E-state index contributed by atoms with van der Waals surface area (Å²) in [5.41, 5.74) is 24.4. The molecule has 0 atom stereocenters. The molecule has 0 aliphatic rings. The number of nitrogens with zero attached hydrogens (tertiary/aromatic N) is 2. The van der Waals surface area contributed by atoms with Gasteiger partial charge < -0.3 is 9.13 Å². The summed E-state index contributed by atoms with van der Waals surface area (Å²) in [6.07, 6.45) is 0. The minimum atomic E-state index is 1.14. The minimum absolute atomic E-state index is 1.14. The molecular weight excluding hydrogens is 893 g/mol. The fraction of sp³-hybridized carbons (Fsp3) is 0.0556. The molecular formula is C72H52N2. The van der Waals surface area contributed by atoms with Crippen molar-refractivity contribution in [3.63, 3.8) is 0 Å². The molecule has 2 heteroatoms. The Bertz CT molecular complexity index is 4460. The zero-order chi connectivity index (χ0) is 49.6. The maximum absolute atomic E-state index is 2.43. The van der Waals surface area contributed by atoms with E-state index >= 15 is 0 Å². The second kappa shape index (κ2) is 17.2. The third-order valence-corrected chi connectivity index (χ3v) is 15.5. The first-order valence-electron chi connectivity index (χ1n) is 25.8. The first kappa shape index (κ1) is 43.5. The fourth-order valence-corrected chi connectivity index (χ4v) is 11.9. The second-order valence-corrected chi connectivity index (χ2v) is 20.4. The third kappa shape index (κ3) is 7.17. The number of fused-ring (bicyclic) bond motifs is 8. The van der Waals surface area contributed by atoms with Gasteiger partial charge in [-0.1, -0.05) is 180 Å². The Morgan fingerprint density at radius 1 is 0.203 bits per heavy atom. The number of hydrogen-bond acceptors (Lipinski definition) is 0. The fourth-order valence-electron chi connectivity index (χ4n) is 11.9. The van der Waals surface area contributed by atoms with Gasteiger partial charge in [0.25, 0.3) is 0 Å². The SMILES string of the molecule is Cc1ccc(-c2ccc3c(c2)c2cc(C)ccc2n3-c2ccc(-c3ccc4c(-c5ccccc5)c5cc(-c6ccc(-n7c8ccc(C)cc8c8cc(C)ccc87)cc6)ccc5c(-c5ccccc5)c4c3)cc2)cc1. The van der Waals surface area contributed by atoms with Crippen LogP contribution in [-0.4, -0.2) is 9.13 Å². The Labute approximate surface area is 431 Å². The summed E-state index contributed by atoms with van der Waals surface area (Å²) in [7, 11) is 0. The highest BCUT2D eigenvalue weighted by molar-refractivity contribution is 6.22. The molecule has 0 aliphatic carbocycles. The van der Waals surface area contributed by atoms with Crippen LogP contribution in [0.15, 0.2) is 243 Å². The van der Waals surface area contributed by atoms with Gasteiger partial charge in [-0.15, -0.1) is 0 Å². The van der Waals surface area contributed by atoms with E-state index in [2.05, 4.69) is 279 Å². The molecule has 0 amide bonds. The zero-order valence-electron chi connectivity index (χ0n) is 42.0. The van der Waals surface area contributed by atoms with Gasteiger partial charge in [-0.2, -0.15) is 0 Å². The summed E-state index contributed by atoms with van der Waals surface area (Å²) in [5, 5.41) is 10.1. The molecule has 0 bridgehead atoms. The van der Waals surface area contributed by atoms with Crippen molar-refractivity contribution >= 4 is 65.2 Å². The van der Waals surface area contributed by atoms with Crippen LogP contribution >= 0.6 is 0 Å². The average Bonchev–Trinajstić information content (AvgIpc) is 3.98. The lowest BCUT2D eigenvalue weighted by Crippen LogP contribution is -1.95. The van der Waals surface area contributed by atoms with E-state index in [1.54, 1.807) is 0 Å². The van der Waals surface area contributed by atoms with Gasteiger partial charge in [0, 0.05) is 32.9 Å². The van der Waals surface area contributed by atoms with Crippen molar-refractivity contribution in [3.05, 3.63) is 265 Å². The molecule has 74 heavy (non-hydrogen) atoms. The summed E-state index contributed by atoms with van der Waals surface area (Å²) in [6.45, 7) is 8.69. The molecule has 2 heterocycles. The van der Waals surface area contributed by atoms with E-state index in [0.717, 1.165) is 11.4 Å². The van der Waals surface area contributed by atoms with Crippen LogP contribution < -0.4 is 0 Å². The summed E-state index contributed by atoms with van der Waals surface area (Å²) < 4.78 is 4.84. The Hall–Kier alpha value is -9.24. The van der Waals surface area contributed by atoms with Gasteiger partial charge >= 0.3 is 0 Å². The molecule has 0 unspecified atom stereocenters. The lowest BCUT2D eigenvalue weighted by atomic mass is 9.84. The van der Waals surface area contributed by atoms with E-state index in [-0.39, 0.29) is 0 Å². The minimum Gasteiger partial charge on any atom is -0.309 e. The number of aromatic nitrogens is 2. The van der Waals surface area contributed by atoms with Crippen molar-refractivity contribution in [1.29, 1.82) is 0 Å². The Morgan fingerprint density at radius 2 is 0.500 bits per heavy atom. The standard InChI is InChI=1S/C72H52N2/c1-45-15-20-49(21-16-45)56-28-38-70-64(42-56)63-41-48(4)19-37-69(63)74(70)58-31-24-51(25-32-58)55-27-34-60-66(44-55)72(53-13-9-6-10-14-53)59-33-26-54(43-65(59)71(60)52-11-7-5-8-12-52)50-22-29-57(30-23-50)73-67-35-17-46(2)39-61(67)62-40-47(3)18-36-68(62)73/h5-44H,1-4H3. The van der Waals surface area contributed by atoms with E-state index in [0.29, 0.717) is 0 Å². The van der Waals surface area contributed by atoms with Gasteiger partial charge in [0.1, 0.15) is 0 Å². The third-order valence-electron chi connectivity index (χ3n) is 15.5. The van der Waals surface area contributed by atoms with Crippen molar-refractivity contribution in [2.45, 2.75) is 27.7 Å². The van der Waals surface area contributed by atoms with Crippen molar-refractivity contribution in [2.75, 3.05) is 0 Å². The van der Waals surface area contributed by atoms with Crippen molar-refractivity contribution in [1.82, 2.24) is 9.13 Å². The molecule has 2 nitrogen and oxygen atoms in total. The van der Waals surface area contributed by atoms with E-state index in [1.165, 1.54) is 143 Å². The first-order valence-corrected chi connectivity index (χ1v) is 25.8. The number of aryl methyl sites for hydroxylation is 4. The summed E-state index contributed by atoms with van der Waals surface area (Å²) >= 11 is 0. The maximum atomic E-state index is 2.43. The lowest BCUT2D eigenvalue weighted by Gasteiger charge is -2.20. The van der Waals surface area contributed by atoms with Crippen LogP contribution in [0.5, 0.6) is 0 Å². The highest BCUT2D eigenvalue weighted by Crippen LogP contribution is 2.47. The van der Waals surface area contributed by atoms with Crippen LogP contribution in [0, 0.1) is 27.7 Å². The molecule has 0 N–H and O–H groups in total. The highest BCUT2D eigenvalue weighted by atomic mass is 15.0. The van der Waals surface area contributed by atoms with Gasteiger partial charge in [-0.25, -0.2) is 0 Å². The van der Waals surface area contributed by atoms with Crippen LogP contribution in [0.2, 0.25) is 0 Å². The van der Waals surface area contributed by atoms with Crippen molar-refractivity contribution in [3.8, 4) is 67.0 Å². The van der Waals surface area contributed by atoms with Crippen LogP contribution in [0.1, 0.15) is 22.3 Å². The molecule has 2 aromatic heterocycles. The van der Waals surface area contributed by atoms with Crippen molar-refractivity contribution in [2.24, 2.45) is 0 Å². The van der Waals surface area contributed by atoms with Gasteiger partial charge in [0.05, 0.1) is 22.1 Å². The molecule has 0 aliphatic heterocycles. The predicted molar refractivity (Wildman–Crippen MR) is 316 cm³/mol. The number of rotatable bonds is 7. The van der Waals surface area contributed by atoms with Crippen LogP contribution in [-0.2, 0) is 0 Å².